The maximum atomic E-state index is 12.1. The topological polar surface area (TPSA) is 44.4 Å². The fourth-order valence-corrected chi connectivity index (χ4v) is 3.46. The first-order chi connectivity index (χ1) is 9.74. The molecular formula is C16H31N3O. The smallest absolute Gasteiger partial charge is 0.234 e. The number of hydrogen-bond acceptors (Lipinski definition) is 3. The van der Waals surface area contributed by atoms with Crippen LogP contribution in [0.2, 0.25) is 0 Å². The zero-order valence-electron chi connectivity index (χ0n) is 13.0. The first kappa shape index (κ1) is 15.8. The predicted octanol–water partition coefficient (Wildman–Crippen LogP) is 1.90. The van der Waals surface area contributed by atoms with Gasteiger partial charge in [0.25, 0.3) is 0 Å². The van der Waals surface area contributed by atoms with Gasteiger partial charge >= 0.3 is 0 Å². The van der Waals surface area contributed by atoms with Gasteiger partial charge in [-0.3, -0.25) is 9.69 Å². The number of hydrogen-bond donors (Lipinski definition) is 2. The quantitative estimate of drug-likeness (QED) is 0.757. The van der Waals surface area contributed by atoms with Gasteiger partial charge in [-0.1, -0.05) is 32.1 Å². The van der Waals surface area contributed by atoms with Crippen molar-refractivity contribution in [3.8, 4) is 0 Å². The third-order valence-corrected chi connectivity index (χ3v) is 4.58. The molecule has 0 spiro atoms. The predicted molar refractivity (Wildman–Crippen MR) is 82.8 cm³/mol. The lowest BCUT2D eigenvalue weighted by atomic mass is 10.0. The second-order valence-corrected chi connectivity index (χ2v) is 6.60. The van der Waals surface area contributed by atoms with Crippen LogP contribution in [-0.4, -0.2) is 49.6 Å². The number of nitrogens with zero attached hydrogens (tertiary/aromatic N) is 1. The Morgan fingerprint density at radius 3 is 2.45 bits per heavy atom. The van der Waals surface area contributed by atoms with Gasteiger partial charge in [-0.05, 0) is 39.3 Å². The van der Waals surface area contributed by atoms with Crippen LogP contribution in [0.1, 0.15) is 57.8 Å². The van der Waals surface area contributed by atoms with Crippen LogP contribution in [0.4, 0.5) is 0 Å². The monoisotopic (exact) mass is 281 g/mol. The van der Waals surface area contributed by atoms with Gasteiger partial charge in [-0.2, -0.15) is 0 Å². The summed E-state index contributed by atoms with van der Waals surface area (Å²) in [6, 6.07) is 0.991. The Morgan fingerprint density at radius 2 is 1.80 bits per heavy atom. The molecule has 0 aromatic carbocycles. The Bertz CT molecular complexity index is 281. The van der Waals surface area contributed by atoms with Crippen LogP contribution in [0.3, 0.4) is 0 Å². The number of piperidine rings is 1. The minimum Gasteiger partial charge on any atom is -0.352 e. The maximum absolute atomic E-state index is 12.1. The lowest BCUT2D eigenvalue weighted by molar-refractivity contribution is -0.122. The summed E-state index contributed by atoms with van der Waals surface area (Å²) in [5.41, 5.74) is 0. The molecule has 2 rings (SSSR count). The van der Waals surface area contributed by atoms with Gasteiger partial charge in [0.1, 0.15) is 0 Å². The molecule has 1 heterocycles. The molecule has 116 valence electrons. The molecule has 0 radical (unpaired) electrons. The summed E-state index contributed by atoms with van der Waals surface area (Å²) >= 11 is 0. The van der Waals surface area contributed by atoms with Crippen molar-refractivity contribution in [3.05, 3.63) is 0 Å². The van der Waals surface area contributed by atoms with Crippen LogP contribution < -0.4 is 10.6 Å². The highest BCUT2D eigenvalue weighted by molar-refractivity contribution is 5.78. The minimum atomic E-state index is 0.204. The van der Waals surface area contributed by atoms with Crippen molar-refractivity contribution in [2.45, 2.75) is 69.9 Å². The molecular weight excluding hydrogens is 250 g/mol. The number of carbonyl (C=O) groups excluding carboxylic acids is 1. The summed E-state index contributed by atoms with van der Waals surface area (Å²) in [5.74, 6) is 0.204. The van der Waals surface area contributed by atoms with Crippen LogP contribution in [0.25, 0.3) is 0 Å². The summed E-state index contributed by atoms with van der Waals surface area (Å²) in [6.07, 6.45) is 11.4. The van der Waals surface area contributed by atoms with Crippen LogP contribution in [0.5, 0.6) is 0 Å². The van der Waals surface area contributed by atoms with Crippen molar-refractivity contribution in [3.63, 3.8) is 0 Å². The van der Waals surface area contributed by atoms with E-state index in [2.05, 4.69) is 22.6 Å². The maximum Gasteiger partial charge on any atom is 0.234 e. The first-order valence-corrected chi connectivity index (χ1v) is 8.45. The standard InChI is InChI=1S/C16H31N3O/c1-19(12-15-10-6-7-11-17-15)13-16(20)18-14-8-4-2-3-5-9-14/h14-15,17H,2-13H2,1H3,(H,18,20). The summed E-state index contributed by atoms with van der Waals surface area (Å²) in [5, 5.41) is 6.77. The zero-order valence-corrected chi connectivity index (χ0v) is 13.0. The summed E-state index contributed by atoms with van der Waals surface area (Å²) < 4.78 is 0. The highest BCUT2D eigenvalue weighted by Crippen LogP contribution is 2.17. The van der Waals surface area contributed by atoms with Crippen molar-refractivity contribution in [1.82, 2.24) is 15.5 Å². The molecule has 20 heavy (non-hydrogen) atoms. The summed E-state index contributed by atoms with van der Waals surface area (Å²) in [7, 11) is 2.06. The van der Waals surface area contributed by atoms with Crippen molar-refractivity contribution >= 4 is 5.91 Å². The molecule has 0 aromatic rings. The molecule has 1 saturated carbocycles. The van der Waals surface area contributed by atoms with E-state index in [0.29, 0.717) is 18.6 Å². The van der Waals surface area contributed by atoms with Crippen molar-refractivity contribution < 1.29 is 4.79 Å². The molecule has 2 aliphatic rings. The van der Waals surface area contributed by atoms with E-state index in [0.717, 1.165) is 13.1 Å². The van der Waals surface area contributed by atoms with Gasteiger partial charge in [0.05, 0.1) is 6.54 Å². The molecule has 1 atom stereocenters. The van der Waals surface area contributed by atoms with E-state index < -0.39 is 0 Å². The average Bonchev–Trinajstić information content (AvgIpc) is 2.68. The average molecular weight is 281 g/mol. The molecule has 1 aliphatic carbocycles. The molecule has 1 amide bonds. The van der Waals surface area contributed by atoms with Gasteiger partial charge in [-0.25, -0.2) is 0 Å². The Morgan fingerprint density at radius 1 is 1.10 bits per heavy atom. The fourth-order valence-electron chi connectivity index (χ4n) is 3.46. The lowest BCUT2D eigenvalue weighted by Gasteiger charge is -2.28. The molecule has 0 bridgehead atoms. The lowest BCUT2D eigenvalue weighted by Crippen LogP contribution is -2.46. The number of carbonyl (C=O) groups is 1. The highest BCUT2D eigenvalue weighted by Gasteiger charge is 2.18. The molecule has 2 fully saturated rings. The van der Waals surface area contributed by atoms with Crippen LogP contribution in [-0.2, 0) is 4.79 Å². The normalized spacial score (nSPS) is 25.4. The molecule has 0 aromatic heterocycles. The van der Waals surface area contributed by atoms with Gasteiger partial charge in [0.2, 0.25) is 5.91 Å². The summed E-state index contributed by atoms with van der Waals surface area (Å²) in [4.78, 5) is 14.3. The zero-order chi connectivity index (χ0) is 14.2. The van der Waals surface area contributed by atoms with Crippen LogP contribution in [0, 0.1) is 0 Å². The number of nitrogens with one attached hydrogen (secondary N) is 2. The third-order valence-electron chi connectivity index (χ3n) is 4.58. The van der Waals surface area contributed by atoms with Crippen molar-refractivity contribution in [2.75, 3.05) is 26.7 Å². The molecule has 4 nitrogen and oxygen atoms in total. The fraction of sp³-hybridized carbons (Fsp3) is 0.938. The Balaban J connectivity index is 1.64. The number of likely N-dealkylation sites (N-methyl/N-ethyl adjacent to an activating group) is 1. The van der Waals surface area contributed by atoms with Crippen LogP contribution >= 0.6 is 0 Å². The van der Waals surface area contributed by atoms with Gasteiger partial charge in [0.15, 0.2) is 0 Å². The Hall–Kier alpha value is -0.610. The third kappa shape index (κ3) is 5.80. The van der Waals surface area contributed by atoms with E-state index in [9.17, 15) is 4.79 Å². The SMILES string of the molecule is CN(CC(=O)NC1CCCCCC1)CC1CCCCN1. The molecule has 1 aliphatic heterocycles. The van der Waals surface area contributed by atoms with Crippen molar-refractivity contribution in [1.29, 1.82) is 0 Å². The largest absolute Gasteiger partial charge is 0.352 e. The van der Waals surface area contributed by atoms with Gasteiger partial charge in [-0.15, -0.1) is 0 Å². The molecule has 2 N–H and O–H groups in total. The van der Waals surface area contributed by atoms with Gasteiger partial charge in [0, 0.05) is 18.6 Å². The van der Waals surface area contributed by atoms with Crippen molar-refractivity contribution in [2.24, 2.45) is 0 Å². The van der Waals surface area contributed by atoms with Gasteiger partial charge < -0.3 is 10.6 Å². The Kier molecular flexibility index (Phi) is 6.80. The number of rotatable bonds is 5. The molecule has 4 heteroatoms. The van der Waals surface area contributed by atoms with E-state index >= 15 is 0 Å². The van der Waals surface area contributed by atoms with E-state index in [1.807, 2.05) is 0 Å². The first-order valence-electron chi connectivity index (χ1n) is 8.45. The Labute approximate surface area is 123 Å². The molecule has 1 saturated heterocycles. The second-order valence-electron chi connectivity index (χ2n) is 6.60. The molecule has 1 unspecified atom stereocenters. The second kappa shape index (κ2) is 8.63. The number of amides is 1. The van der Waals surface area contributed by atoms with Crippen LogP contribution in [0.15, 0.2) is 0 Å². The van der Waals surface area contributed by atoms with E-state index in [4.69, 9.17) is 0 Å². The van der Waals surface area contributed by atoms with E-state index in [1.54, 1.807) is 0 Å². The highest BCUT2D eigenvalue weighted by atomic mass is 16.2. The minimum absolute atomic E-state index is 0.204. The van der Waals surface area contributed by atoms with E-state index in [-0.39, 0.29) is 5.91 Å². The summed E-state index contributed by atoms with van der Waals surface area (Å²) in [6.45, 7) is 2.65. The van der Waals surface area contributed by atoms with E-state index in [1.165, 1.54) is 57.8 Å².